The average molecular weight is 262 g/mol. The minimum Gasteiger partial charge on any atom is -0.492 e. The van der Waals surface area contributed by atoms with E-state index >= 15 is 0 Å². The normalized spacial score (nSPS) is 10.8. The molecule has 0 aliphatic heterocycles. The number of ether oxygens (including phenoxy) is 1. The predicted molar refractivity (Wildman–Crippen MR) is 69.7 cm³/mol. The van der Waals surface area contributed by atoms with Crippen LogP contribution in [0.3, 0.4) is 0 Å². The maximum absolute atomic E-state index is 5.98. The van der Waals surface area contributed by atoms with Crippen LogP contribution in [0, 0.1) is 0 Å². The molecule has 90 valence electrons. The number of nitrogens with zero attached hydrogens (tertiary/aromatic N) is 1. The van der Waals surface area contributed by atoms with Gasteiger partial charge in [0.05, 0.1) is 11.6 Å². The van der Waals surface area contributed by atoms with Crippen LogP contribution in [-0.4, -0.2) is 32.1 Å². The summed E-state index contributed by atoms with van der Waals surface area (Å²) in [6, 6.07) is 5.28. The van der Waals surface area contributed by atoms with Gasteiger partial charge in [0.25, 0.3) is 0 Å². The van der Waals surface area contributed by atoms with Gasteiger partial charge in [-0.3, -0.25) is 0 Å². The summed E-state index contributed by atoms with van der Waals surface area (Å²) in [5, 5.41) is 1.20. The lowest BCUT2D eigenvalue weighted by Gasteiger charge is -2.10. The molecule has 0 heterocycles. The second-order valence-electron chi connectivity index (χ2n) is 3.93. The molecular weight excluding hydrogens is 245 g/mol. The first-order valence-corrected chi connectivity index (χ1v) is 6.08. The first-order valence-electron chi connectivity index (χ1n) is 5.32. The van der Waals surface area contributed by atoms with E-state index < -0.39 is 0 Å². The van der Waals surface area contributed by atoms with Gasteiger partial charge in [-0.25, -0.2) is 0 Å². The molecule has 0 N–H and O–H groups in total. The summed E-state index contributed by atoms with van der Waals surface area (Å²) in [4.78, 5) is 2.16. The van der Waals surface area contributed by atoms with Crippen LogP contribution in [0.2, 0.25) is 10.0 Å². The van der Waals surface area contributed by atoms with Gasteiger partial charge in [0, 0.05) is 5.02 Å². The second-order valence-corrected chi connectivity index (χ2v) is 4.78. The lowest BCUT2D eigenvalue weighted by atomic mass is 10.3. The van der Waals surface area contributed by atoms with Crippen LogP contribution in [-0.2, 0) is 0 Å². The Balaban J connectivity index is 2.27. The van der Waals surface area contributed by atoms with E-state index in [0.29, 0.717) is 22.4 Å². The third-order valence-corrected chi connectivity index (χ3v) is 2.68. The maximum atomic E-state index is 5.98. The summed E-state index contributed by atoms with van der Waals surface area (Å²) >= 11 is 11.8. The summed E-state index contributed by atoms with van der Waals surface area (Å²) < 4.78 is 5.56. The number of rotatable bonds is 6. The minimum atomic E-state index is 0.570. The van der Waals surface area contributed by atoms with Crippen molar-refractivity contribution in [1.29, 1.82) is 0 Å². The van der Waals surface area contributed by atoms with Gasteiger partial charge in [-0.15, -0.1) is 0 Å². The van der Waals surface area contributed by atoms with Crippen molar-refractivity contribution in [1.82, 2.24) is 4.90 Å². The van der Waals surface area contributed by atoms with E-state index in [9.17, 15) is 0 Å². The summed E-state index contributed by atoms with van der Waals surface area (Å²) in [7, 11) is 4.13. The Morgan fingerprint density at radius 3 is 2.56 bits per heavy atom. The maximum Gasteiger partial charge on any atom is 0.137 e. The molecule has 0 aromatic heterocycles. The standard InChI is InChI=1S/C12H17Cl2NO/c1-15(2)7-3-4-8-16-12-6-5-10(13)9-11(12)14/h5-6,9H,3-4,7-8H2,1-2H3. The Hall–Kier alpha value is -0.440. The highest BCUT2D eigenvalue weighted by molar-refractivity contribution is 6.35. The molecule has 1 aromatic carbocycles. The van der Waals surface area contributed by atoms with E-state index in [4.69, 9.17) is 27.9 Å². The molecule has 4 heteroatoms. The molecule has 0 atom stereocenters. The van der Waals surface area contributed by atoms with Crippen molar-refractivity contribution in [2.45, 2.75) is 12.8 Å². The van der Waals surface area contributed by atoms with Crippen molar-refractivity contribution in [3.8, 4) is 5.75 Å². The van der Waals surface area contributed by atoms with Gasteiger partial charge in [0.15, 0.2) is 0 Å². The zero-order chi connectivity index (χ0) is 12.0. The fourth-order valence-electron chi connectivity index (χ4n) is 1.30. The van der Waals surface area contributed by atoms with Gasteiger partial charge in [-0.05, 0) is 51.7 Å². The molecule has 0 aliphatic carbocycles. The molecule has 16 heavy (non-hydrogen) atoms. The monoisotopic (exact) mass is 261 g/mol. The number of benzene rings is 1. The van der Waals surface area contributed by atoms with Crippen molar-refractivity contribution in [3.63, 3.8) is 0 Å². The quantitative estimate of drug-likeness (QED) is 0.724. The molecule has 0 unspecified atom stereocenters. The Morgan fingerprint density at radius 2 is 1.94 bits per heavy atom. The molecule has 0 bridgehead atoms. The second kappa shape index (κ2) is 7.00. The van der Waals surface area contributed by atoms with Gasteiger partial charge < -0.3 is 9.64 Å². The van der Waals surface area contributed by atoms with Crippen LogP contribution >= 0.6 is 23.2 Å². The number of hydrogen-bond acceptors (Lipinski definition) is 2. The van der Waals surface area contributed by atoms with Crippen LogP contribution in [0.4, 0.5) is 0 Å². The zero-order valence-electron chi connectivity index (χ0n) is 9.67. The average Bonchev–Trinajstić information content (AvgIpc) is 2.20. The minimum absolute atomic E-state index is 0.570. The van der Waals surface area contributed by atoms with Crippen molar-refractivity contribution in [3.05, 3.63) is 28.2 Å². The van der Waals surface area contributed by atoms with Crippen molar-refractivity contribution < 1.29 is 4.74 Å². The topological polar surface area (TPSA) is 12.5 Å². The number of unbranched alkanes of at least 4 members (excludes halogenated alkanes) is 1. The lowest BCUT2D eigenvalue weighted by molar-refractivity contribution is 0.293. The Bertz CT molecular complexity index is 329. The van der Waals surface area contributed by atoms with Gasteiger partial charge in [-0.1, -0.05) is 23.2 Å². The smallest absolute Gasteiger partial charge is 0.137 e. The van der Waals surface area contributed by atoms with Gasteiger partial charge in [0.2, 0.25) is 0 Å². The lowest BCUT2D eigenvalue weighted by Crippen LogP contribution is -2.13. The largest absolute Gasteiger partial charge is 0.492 e. The molecule has 1 rings (SSSR count). The van der Waals surface area contributed by atoms with E-state index in [1.54, 1.807) is 18.2 Å². The number of halogens is 2. The third-order valence-electron chi connectivity index (χ3n) is 2.15. The summed E-state index contributed by atoms with van der Waals surface area (Å²) in [5.41, 5.74) is 0. The molecule has 0 fully saturated rings. The Kier molecular flexibility index (Phi) is 5.96. The van der Waals surface area contributed by atoms with Crippen LogP contribution in [0.25, 0.3) is 0 Å². The van der Waals surface area contributed by atoms with Crippen LogP contribution in [0.1, 0.15) is 12.8 Å². The Labute approximate surface area is 107 Å². The van der Waals surface area contributed by atoms with E-state index in [1.807, 2.05) is 0 Å². The molecule has 0 radical (unpaired) electrons. The summed E-state index contributed by atoms with van der Waals surface area (Å²) in [6.07, 6.45) is 2.15. The Morgan fingerprint density at radius 1 is 1.19 bits per heavy atom. The molecular formula is C12H17Cl2NO. The predicted octanol–water partition coefficient (Wildman–Crippen LogP) is 3.71. The molecule has 0 amide bonds. The fourth-order valence-corrected chi connectivity index (χ4v) is 1.77. The highest BCUT2D eigenvalue weighted by Gasteiger charge is 2.01. The third kappa shape index (κ3) is 5.06. The summed E-state index contributed by atoms with van der Waals surface area (Å²) in [6.45, 7) is 1.77. The highest BCUT2D eigenvalue weighted by atomic mass is 35.5. The van der Waals surface area contributed by atoms with Crippen molar-refractivity contribution in [2.24, 2.45) is 0 Å². The number of hydrogen-bond donors (Lipinski definition) is 0. The molecule has 0 aliphatic rings. The zero-order valence-corrected chi connectivity index (χ0v) is 11.2. The van der Waals surface area contributed by atoms with Crippen LogP contribution in [0.15, 0.2) is 18.2 Å². The molecule has 0 spiro atoms. The molecule has 0 saturated carbocycles. The van der Waals surface area contributed by atoms with Gasteiger partial charge >= 0.3 is 0 Å². The van der Waals surface area contributed by atoms with Gasteiger partial charge in [-0.2, -0.15) is 0 Å². The first kappa shape index (κ1) is 13.6. The van der Waals surface area contributed by atoms with E-state index in [0.717, 1.165) is 19.4 Å². The highest BCUT2D eigenvalue weighted by Crippen LogP contribution is 2.27. The SMILES string of the molecule is CN(C)CCCCOc1ccc(Cl)cc1Cl. The summed E-state index contributed by atoms with van der Waals surface area (Å²) in [5.74, 6) is 0.705. The fraction of sp³-hybridized carbons (Fsp3) is 0.500. The molecule has 1 aromatic rings. The van der Waals surface area contributed by atoms with E-state index in [-0.39, 0.29) is 0 Å². The van der Waals surface area contributed by atoms with Crippen molar-refractivity contribution >= 4 is 23.2 Å². The van der Waals surface area contributed by atoms with E-state index in [2.05, 4.69) is 19.0 Å². The van der Waals surface area contributed by atoms with Gasteiger partial charge in [0.1, 0.15) is 5.75 Å². The molecule has 0 saturated heterocycles. The van der Waals surface area contributed by atoms with E-state index in [1.165, 1.54) is 0 Å². The van der Waals surface area contributed by atoms with Crippen LogP contribution < -0.4 is 4.74 Å². The first-order chi connectivity index (χ1) is 7.59. The van der Waals surface area contributed by atoms with Crippen molar-refractivity contribution in [2.75, 3.05) is 27.2 Å². The van der Waals surface area contributed by atoms with Crippen LogP contribution in [0.5, 0.6) is 5.75 Å². The molecule has 2 nitrogen and oxygen atoms in total.